The van der Waals surface area contributed by atoms with E-state index < -0.39 is 5.82 Å². The molecule has 1 aliphatic rings. The van der Waals surface area contributed by atoms with Gasteiger partial charge in [0.15, 0.2) is 5.16 Å². The van der Waals surface area contributed by atoms with Gasteiger partial charge in [0.2, 0.25) is 5.91 Å². The lowest BCUT2D eigenvalue weighted by molar-refractivity contribution is -0.116. The molecule has 1 aromatic carbocycles. The van der Waals surface area contributed by atoms with Crippen LogP contribution in [0.4, 0.5) is 10.1 Å². The highest BCUT2D eigenvalue weighted by molar-refractivity contribution is 7.99. The molecule has 0 fully saturated rings. The average molecular weight is 319 g/mol. The van der Waals surface area contributed by atoms with Crippen molar-refractivity contribution in [3.8, 4) is 0 Å². The van der Waals surface area contributed by atoms with E-state index in [9.17, 15) is 14.0 Å². The van der Waals surface area contributed by atoms with Crippen molar-refractivity contribution in [3.63, 3.8) is 0 Å². The minimum absolute atomic E-state index is 0.112. The van der Waals surface area contributed by atoms with Crippen LogP contribution < -0.4 is 10.9 Å². The molecule has 3 rings (SSSR count). The number of nitrogens with one attached hydrogen (secondary N) is 1. The van der Waals surface area contributed by atoms with Crippen molar-refractivity contribution in [2.75, 3.05) is 11.1 Å². The van der Waals surface area contributed by atoms with Gasteiger partial charge >= 0.3 is 0 Å². The maximum Gasteiger partial charge on any atom is 0.257 e. The average Bonchev–Trinajstić information content (AvgIpc) is 2.86. The molecule has 0 radical (unpaired) electrons. The van der Waals surface area contributed by atoms with Gasteiger partial charge in [0, 0.05) is 29.6 Å². The number of aromatic nitrogens is 2. The standard InChI is InChI=1S/C15H14FN3O2S/c1-9-7-17-15-19(14(9)21)12(8-22-15)6-13(20)18-11-4-2-3-10(16)5-11/h2-5,7,12H,6,8H2,1H3,(H,18,20). The van der Waals surface area contributed by atoms with Gasteiger partial charge in [0.05, 0.1) is 6.04 Å². The predicted octanol–water partition coefficient (Wildman–Crippen LogP) is 2.37. The third kappa shape index (κ3) is 2.89. The number of aryl methyl sites for hydroxylation is 1. The summed E-state index contributed by atoms with van der Waals surface area (Å²) < 4.78 is 14.7. The minimum Gasteiger partial charge on any atom is -0.326 e. The van der Waals surface area contributed by atoms with Crippen molar-refractivity contribution in [3.05, 3.63) is 52.2 Å². The molecule has 1 N–H and O–H groups in total. The van der Waals surface area contributed by atoms with Crippen molar-refractivity contribution in [1.29, 1.82) is 0 Å². The number of amides is 1. The van der Waals surface area contributed by atoms with Crippen LogP contribution >= 0.6 is 11.8 Å². The number of anilines is 1. The van der Waals surface area contributed by atoms with Gasteiger partial charge in [-0.05, 0) is 25.1 Å². The maximum atomic E-state index is 13.1. The minimum atomic E-state index is -0.407. The van der Waals surface area contributed by atoms with Gasteiger partial charge in [-0.2, -0.15) is 0 Å². The molecule has 22 heavy (non-hydrogen) atoms. The summed E-state index contributed by atoms with van der Waals surface area (Å²) in [5.41, 5.74) is 0.853. The Hall–Kier alpha value is -2.15. The summed E-state index contributed by atoms with van der Waals surface area (Å²) >= 11 is 1.46. The highest BCUT2D eigenvalue weighted by Crippen LogP contribution is 2.32. The lowest BCUT2D eigenvalue weighted by atomic mass is 10.2. The van der Waals surface area contributed by atoms with Gasteiger partial charge < -0.3 is 5.32 Å². The molecule has 114 valence electrons. The zero-order valence-corrected chi connectivity index (χ0v) is 12.7. The highest BCUT2D eigenvalue weighted by Gasteiger charge is 2.27. The number of halogens is 1. The summed E-state index contributed by atoms with van der Waals surface area (Å²) in [4.78, 5) is 28.5. The Balaban J connectivity index is 1.75. The largest absolute Gasteiger partial charge is 0.326 e. The molecular weight excluding hydrogens is 305 g/mol. The van der Waals surface area contributed by atoms with Crippen LogP contribution in [0.25, 0.3) is 0 Å². The van der Waals surface area contributed by atoms with Gasteiger partial charge in [-0.3, -0.25) is 14.2 Å². The maximum absolute atomic E-state index is 13.1. The molecule has 0 spiro atoms. The Morgan fingerprint density at radius 2 is 2.36 bits per heavy atom. The number of hydrogen-bond donors (Lipinski definition) is 1. The fraction of sp³-hybridized carbons (Fsp3) is 0.267. The molecule has 0 bridgehead atoms. The van der Waals surface area contributed by atoms with Crippen molar-refractivity contribution >= 4 is 23.4 Å². The van der Waals surface area contributed by atoms with Gasteiger partial charge in [0.25, 0.3) is 5.56 Å². The number of fused-ring (bicyclic) bond motifs is 1. The molecule has 1 amide bonds. The van der Waals surface area contributed by atoms with E-state index in [4.69, 9.17) is 0 Å². The second kappa shape index (κ2) is 5.92. The van der Waals surface area contributed by atoms with Crippen molar-refractivity contribution in [1.82, 2.24) is 9.55 Å². The van der Waals surface area contributed by atoms with Gasteiger partial charge in [-0.1, -0.05) is 17.8 Å². The summed E-state index contributed by atoms with van der Waals surface area (Å²) in [7, 11) is 0. The van der Waals surface area contributed by atoms with E-state index in [0.717, 1.165) is 0 Å². The van der Waals surface area contributed by atoms with Gasteiger partial charge in [-0.25, -0.2) is 9.37 Å². The molecule has 5 nitrogen and oxygen atoms in total. The number of carbonyl (C=O) groups is 1. The fourth-order valence-corrected chi connectivity index (χ4v) is 3.47. The van der Waals surface area contributed by atoms with Crippen LogP contribution in [0.2, 0.25) is 0 Å². The highest BCUT2D eigenvalue weighted by atomic mass is 32.2. The van der Waals surface area contributed by atoms with Gasteiger partial charge in [-0.15, -0.1) is 0 Å². The molecular formula is C15H14FN3O2S. The summed E-state index contributed by atoms with van der Waals surface area (Å²) in [6.07, 6.45) is 1.71. The van der Waals surface area contributed by atoms with E-state index in [2.05, 4.69) is 10.3 Å². The quantitative estimate of drug-likeness (QED) is 0.882. The number of carbonyl (C=O) groups excluding carboxylic acids is 1. The fourth-order valence-electron chi connectivity index (χ4n) is 2.36. The van der Waals surface area contributed by atoms with Crippen LogP contribution in [0, 0.1) is 12.7 Å². The number of nitrogens with zero attached hydrogens (tertiary/aromatic N) is 2. The van der Waals surface area contributed by atoms with Crippen LogP contribution in [-0.4, -0.2) is 21.2 Å². The molecule has 2 heterocycles. The monoisotopic (exact) mass is 319 g/mol. The summed E-state index contributed by atoms with van der Waals surface area (Å²) in [5.74, 6) is -0.0320. The van der Waals surface area contributed by atoms with E-state index in [0.29, 0.717) is 22.2 Å². The Labute approximate surface area is 130 Å². The van der Waals surface area contributed by atoms with Crippen LogP contribution in [-0.2, 0) is 4.79 Å². The van der Waals surface area contributed by atoms with E-state index in [1.807, 2.05) is 0 Å². The zero-order chi connectivity index (χ0) is 15.7. The SMILES string of the molecule is Cc1cnc2n(c1=O)C(CC(=O)Nc1cccc(F)c1)CS2. The first-order chi connectivity index (χ1) is 10.5. The summed E-state index contributed by atoms with van der Waals surface area (Å²) in [6, 6.07) is 5.49. The molecule has 0 aliphatic carbocycles. The van der Waals surface area contributed by atoms with Crippen LogP contribution in [0.5, 0.6) is 0 Å². The first kappa shape index (κ1) is 14.8. The van der Waals surface area contributed by atoms with Crippen LogP contribution in [0.3, 0.4) is 0 Å². The van der Waals surface area contributed by atoms with E-state index in [-0.39, 0.29) is 23.9 Å². The Morgan fingerprint density at radius 3 is 3.14 bits per heavy atom. The lowest BCUT2D eigenvalue weighted by Crippen LogP contribution is -2.28. The molecule has 1 unspecified atom stereocenters. The molecule has 0 saturated heterocycles. The first-order valence-corrected chi connectivity index (χ1v) is 7.79. The van der Waals surface area contributed by atoms with Crippen molar-refractivity contribution in [2.45, 2.75) is 24.5 Å². The number of hydrogen-bond acceptors (Lipinski definition) is 4. The second-order valence-electron chi connectivity index (χ2n) is 5.13. The Morgan fingerprint density at radius 1 is 1.55 bits per heavy atom. The molecule has 1 atom stereocenters. The molecule has 0 saturated carbocycles. The zero-order valence-electron chi connectivity index (χ0n) is 11.9. The molecule has 1 aliphatic heterocycles. The topological polar surface area (TPSA) is 64.0 Å². The van der Waals surface area contributed by atoms with E-state index >= 15 is 0 Å². The number of benzene rings is 1. The third-order valence-electron chi connectivity index (χ3n) is 3.43. The normalized spacial score (nSPS) is 16.4. The Kier molecular flexibility index (Phi) is 3.98. The molecule has 7 heteroatoms. The summed E-state index contributed by atoms with van der Waals surface area (Å²) in [5, 5.41) is 3.29. The van der Waals surface area contributed by atoms with Crippen molar-refractivity contribution in [2.24, 2.45) is 0 Å². The first-order valence-electron chi connectivity index (χ1n) is 6.81. The number of thioether (sulfide) groups is 1. The second-order valence-corrected chi connectivity index (χ2v) is 6.11. The van der Waals surface area contributed by atoms with Crippen molar-refractivity contribution < 1.29 is 9.18 Å². The van der Waals surface area contributed by atoms with Crippen LogP contribution in [0.15, 0.2) is 40.4 Å². The lowest BCUT2D eigenvalue weighted by Gasteiger charge is -2.13. The van der Waals surface area contributed by atoms with E-state index in [1.165, 1.54) is 30.0 Å². The molecule has 1 aromatic heterocycles. The van der Waals surface area contributed by atoms with Gasteiger partial charge in [0.1, 0.15) is 5.82 Å². The third-order valence-corrected chi connectivity index (χ3v) is 4.54. The summed E-state index contributed by atoms with van der Waals surface area (Å²) in [6.45, 7) is 1.70. The van der Waals surface area contributed by atoms with Crippen LogP contribution in [0.1, 0.15) is 18.0 Å². The Bertz CT molecular complexity index is 791. The molecule has 2 aromatic rings. The predicted molar refractivity (Wildman–Crippen MR) is 82.6 cm³/mol. The number of rotatable bonds is 3. The van der Waals surface area contributed by atoms with E-state index in [1.54, 1.807) is 23.8 Å². The smallest absolute Gasteiger partial charge is 0.257 e.